The van der Waals surface area contributed by atoms with Crippen molar-refractivity contribution in [1.82, 2.24) is 4.90 Å². The van der Waals surface area contributed by atoms with Crippen LogP contribution in [0.1, 0.15) is 22.8 Å². The summed E-state index contributed by atoms with van der Waals surface area (Å²) in [4.78, 5) is 14.8. The molecule has 0 fully saturated rings. The fourth-order valence-electron chi connectivity index (χ4n) is 4.57. The normalized spacial score (nSPS) is 18.9. The number of carbonyl (C=O) groups excluding carboxylic acids is 1. The van der Waals surface area contributed by atoms with Gasteiger partial charge in [-0.05, 0) is 55.3 Å². The summed E-state index contributed by atoms with van der Waals surface area (Å²) in [5.41, 5.74) is 2.00. The van der Waals surface area contributed by atoms with Crippen LogP contribution in [0.15, 0.2) is 77.7 Å². The molecule has 0 spiro atoms. The second-order valence-corrected chi connectivity index (χ2v) is 10.5. The number of hydrogen-bond acceptors (Lipinski definition) is 5. The predicted molar refractivity (Wildman–Crippen MR) is 129 cm³/mol. The Labute approximate surface area is 199 Å². The van der Waals surface area contributed by atoms with E-state index in [2.05, 4.69) is 0 Å². The van der Waals surface area contributed by atoms with Crippen molar-refractivity contribution in [2.24, 2.45) is 0 Å². The Morgan fingerprint density at radius 3 is 2.59 bits per heavy atom. The number of sulfonamides is 1. The number of benzene rings is 3. The molecule has 2 aliphatic rings. The van der Waals surface area contributed by atoms with Gasteiger partial charge in [-0.2, -0.15) is 0 Å². The van der Waals surface area contributed by atoms with Crippen molar-refractivity contribution in [2.45, 2.75) is 30.4 Å². The molecule has 3 aromatic carbocycles. The summed E-state index contributed by atoms with van der Waals surface area (Å²) in [6.45, 7) is 2.53. The lowest BCUT2D eigenvalue weighted by Gasteiger charge is -2.29. The minimum absolute atomic E-state index is 0.0986. The molecule has 176 valence electrons. The van der Waals surface area contributed by atoms with Crippen molar-refractivity contribution < 1.29 is 22.7 Å². The van der Waals surface area contributed by atoms with Crippen molar-refractivity contribution in [3.63, 3.8) is 0 Å². The van der Waals surface area contributed by atoms with E-state index < -0.39 is 10.0 Å². The van der Waals surface area contributed by atoms with Crippen LogP contribution in [-0.4, -0.2) is 51.6 Å². The van der Waals surface area contributed by atoms with Crippen molar-refractivity contribution in [2.75, 3.05) is 24.5 Å². The second kappa shape index (κ2) is 8.68. The number of carbonyl (C=O) groups is 1. The van der Waals surface area contributed by atoms with E-state index in [-0.39, 0.29) is 22.9 Å². The van der Waals surface area contributed by atoms with Crippen LogP contribution >= 0.6 is 0 Å². The lowest BCUT2D eigenvalue weighted by molar-refractivity contribution is 0.0521. The molecule has 3 aromatic rings. The summed E-state index contributed by atoms with van der Waals surface area (Å²) in [5.74, 6) is 1.05. The SMILES string of the molecule is C[C@H]1Cc2ccccc2N1S(=O)(=O)c1cccc(C(=O)N(C)C[C@@H]2COc3ccccc3O2)c1. The highest BCUT2D eigenvalue weighted by atomic mass is 32.2. The lowest BCUT2D eigenvalue weighted by Crippen LogP contribution is -2.41. The largest absolute Gasteiger partial charge is 0.486 e. The van der Waals surface area contributed by atoms with Crippen LogP contribution in [0.3, 0.4) is 0 Å². The molecule has 2 aliphatic heterocycles. The monoisotopic (exact) mass is 478 g/mol. The van der Waals surface area contributed by atoms with Crippen LogP contribution in [0.25, 0.3) is 0 Å². The number of anilines is 1. The average molecular weight is 479 g/mol. The van der Waals surface area contributed by atoms with Crippen LogP contribution in [-0.2, 0) is 16.4 Å². The summed E-state index contributed by atoms with van der Waals surface area (Å²) in [5, 5.41) is 0. The zero-order valence-corrected chi connectivity index (χ0v) is 19.9. The summed E-state index contributed by atoms with van der Waals surface area (Å²) >= 11 is 0. The summed E-state index contributed by atoms with van der Waals surface area (Å²) in [6.07, 6.45) is 0.335. The molecule has 7 nitrogen and oxygen atoms in total. The van der Waals surface area contributed by atoms with Crippen LogP contribution in [0.5, 0.6) is 11.5 Å². The molecule has 0 aromatic heterocycles. The van der Waals surface area contributed by atoms with Crippen LogP contribution in [0.2, 0.25) is 0 Å². The minimum atomic E-state index is -3.83. The van der Waals surface area contributed by atoms with E-state index in [0.717, 1.165) is 5.56 Å². The molecule has 0 bridgehead atoms. The number of ether oxygens (including phenoxy) is 2. The van der Waals surface area contributed by atoms with Gasteiger partial charge in [-0.25, -0.2) is 8.42 Å². The van der Waals surface area contributed by atoms with E-state index in [9.17, 15) is 13.2 Å². The van der Waals surface area contributed by atoms with E-state index in [4.69, 9.17) is 9.47 Å². The lowest BCUT2D eigenvalue weighted by atomic mass is 10.1. The molecule has 5 rings (SSSR count). The number of amides is 1. The molecule has 34 heavy (non-hydrogen) atoms. The van der Waals surface area contributed by atoms with Gasteiger partial charge in [0.15, 0.2) is 17.6 Å². The molecule has 2 heterocycles. The van der Waals surface area contributed by atoms with Gasteiger partial charge < -0.3 is 14.4 Å². The molecule has 1 amide bonds. The Bertz CT molecular complexity index is 1340. The Morgan fingerprint density at radius 2 is 1.76 bits per heavy atom. The molecule has 0 aliphatic carbocycles. The highest BCUT2D eigenvalue weighted by Gasteiger charge is 2.36. The van der Waals surface area contributed by atoms with Gasteiger partial charge in [0, 0.05) is 18.7 Å². The first kappa shape index (κ1) is 22.3. The van der Waals surface area contributed by atoms with Gasteiger partial charge in [0.2, 0.25) is 0 Å². The van der Waals surface area contributed by atoms with Crippen LogP contribution < -0.4 is 13.8 Å². The third-order valence-electron chi connectivity index (χ3n) is 6.17. The topological polar surface area (TPSA) is 76.2 Å². The molecule has 2 atom stereocenters. The van der Waals surface area contributed by atoms with Crippen LogP contribution in [0.4, 0.5) is 5.69 Å². The molecule has 8 heteroatoms. The van der Waals surface area contributed by atoms with Gasteiger partial charge in [-0.15, -0.1) is 0 Å². The number of likely N-dealkylation sites (N-methyl/N-ethyl adjacent to an activating group) is 1. The minimum Gasteiger partial charge on any atom is -0.486 e. The molecule has 0 saturated carbocycles. The predicted octanol–water partition coefficient (Wildman–Crippen LogP) is 3.74. The fraction of sp³-hybridized carbons (Fsp3) is 0.269. The van der Waals surface area contributed by atoms with E-state index in [1.807, 2.05) is 55.5 Å². The molecule has 0 unspecified atom stereocenters. The Hall–Kier alpha value is -3.52. The summed E-state index contributed by atoms with van der Waals surface area (Å²) in [7, 11) is -2.15. The zero-order valence-electron chi connectivity index (χ0n) is 19.0. The van der Waals surface area contributed by atoms with E-state index in [1.165, 1.54) is 21.3 Å². The molecular formula is C26H26N2O5S. The van der Waals surface area contributed by atoms with Gasteiger partial charge in [0.05, 0.1) is 17.1 Å². The third kappa shape index (κ3) is 3.98. The standard InChI is InChI=1S/C26H26N2O5S/c1-18-14-19-8-3-4-11-23(19)28(18)34(30,31)22-10-7-9-20(15-22)26(29)27(2)16-21-17-32-24-12-5-6-13-25(24)33-21/h3-13,15,18,21H,14,16-17H2,1-2H3/t18-,21+/m0/s1. The fourth-order valence-corrected chi connectivity index (χ4v) is 6.31. The summed E-state index contributed by atoms with van der Waals surface area (Å²) in [6, 6.07) is 21.0. The average Bonchev–Trinajstić information content (AvgIpc) is 3.20. The van der Waals surface area contributed by atoms with E-state index in [0.29, 0.717) is 42.3 Å². The number of nitrogens with zero attached hydrogens (tertiary/aromatic N) is 2. The number of para-hydroxylation sites is 3. The smallest absolute Gasteiger partial charge is 0.264 e. The molecular weight excluding hydrogens is 452 g/mol. The van der Waals surface area contributed by atoms with Gasteiger partial charge in [-0.3, -0.25) is 9.10 Å². The highest BCUT2D eigenvalue weighted by molar-refractivity contribution is 7.92. The van der Waals surface area contributed by atoms with E-state index >= 15 is 0 Å². The third-order valence-corrected chi connectivity index (χ3v) is 8.10. The number of fused-ring (bicyclic) bond motifs is 2. The number of hydrogen-bond donors (Lipinski definition) is 0. The number of rotatable bonds is 5. The Kier molecular flexibility index (Phi) is 5.69. The Balaban J connectivity index is 1.34. The first-order valence-electron chi connectivity index (χ1n) is 11.2. The van der Waals surface area contributed by atoms with Gasteiger partial charge in [0.25, 0.3) is 15.9 Å². The molecule has 0 radical (unpaired) electrons. The van der Waals surface area contributed by atoms with Crippen molar-refractivity contribution in [3.05, 3.63) is 83.9 Å². The first-order valence-corrected chi connectivity index (χ1v) is 12.6. The zero-order chi connectivity index (χ0) is 23.9. The van der Waals surface area contributed by atoms with Crippen molar-refractivity contribution in [1.29, 1.82) is 0 Å². The maximum absolute atomic E-state index is 13.6. The van der Waals surface area contributed by atoms with Gasteiger partial charge in [0.1, 0.15) is 6.61 Å². The van der Waals surface area contributed by atoms with Gasteiger partial charge >= 0.3 is 0 Å². The van der Waals surface area contributed by atoms with E-state index in [1.54, 1.807) is 19.2 Å². The van der Waals surface area contributed by atoms with Crippen molar-refractivity contribution in [3.8, 4) is 11.5 Å². The highest BCUT2D eigenvalue weighted by Crippen LogP contribution is 2.36. The maximum Gasteiger partial charge on any atom is 0.264 e. The quantitative estimate of drug-likeness (QED) is 0.559. The maximum atomic E-state index is 13.6. The van der Waals surface area contributed by atoms with Gasteiger partial charge in [-0.1, -0.05) is 36.4 Å². The molecule has 0 saturated heterocycles. The second-order valence-electron chi connectivity index (χ2n) is 8.69. The van der Waals surface area contributed by atoms with Crippen molar-refractivity contribution >= 4 is 21.6 Å². The first-order chi connectivity index (χ1) is 16.3. The Morgan fingerprint density at radius 1 is 1.03 bits per heavy atom. The molecule has 0 N–H and O–H groups in total. The van der Waals surface area contributed by atoms with Crippen LogP contribution in [0, 0.1) is 0 Å². The summed E-state index contributed by atoms with van der Waals surface area (Å²) < 4.78 is 40.3.